The van der Waals surface area contributed by atoms with E-state index in [4.69, 9.17) is 4.42 Å². The standard InChI is InChI=1S/C17H18NO/c1-3-14-15-10-11-19-17(15)12-18(16(14)4-2)13-8-6-5-7-9-13/h5-12H,3-4H2,1-2H3/q+1. The van der Waals surface area contributed by atoms with Crippen molar-refractivity contribution in [2.75, 3.05) is 0 Å². The van der Waals surface area contributed by atoms with Crippen LogP contribution in [0.4, 0.5) is 0 Å². The molecule has 0 aliphatic carbocycles. The highest BCUT2D eigenvalue weighted by molar-refractivity contribution is 5.80. The summed E-state index contributed by atoms with van der Waals surface area (Å²) in [7, 11) is 0. The van der Waals surface area contributed by atoms with Crippen molar-refractivity contribution in [3.63, 3.8) is 0 Å². The Labute approximate surface area is 113 Å². The fourth-order valence-electron chi connectivity index (χ4n) is 2.76. The van der Waals surface area contributed by atoms with Crippen LogP contribution in [0.3, 0.4) is 0 Å². The van der Waals surface area contributed by atoms with Gasteiger partial charge in [0, 0.05) is 29.5 Å². The zero-order valence-corrected chi connectivity index (χ0v) is 11.4. The molecule has 19 heavy (non-hydrogen) atoms. The predicted octanol–water partition coefficient (Wildman–Crippen LogP) is 3.83. The van der Waals surface area contributed by atoms with E-state index >= 15 is 0 Å². The van der Waals surface area contributed by atoms with Gasteiger partial charge in [-0.1, -0.05) is 32.0 Å². The zero-order valence-electron chi connectivity index (χ0n) is 11.4. The molecule has 0 bridgehead atoms. The van der Waals surface area contributed by atoms with Crippen LogP contribution in [0.2, 0.25) is 0 Å². The lowest BCUT2D eigenvalue weighted by molar-refractivity contribution is -0.603. The van der Waals surface area contributed by atoms with E-state index in [0.717, 1.165) is 18.4 Å². The third kappa shape index (κ3) is 1.93. The zero-order chi connectivity index (χ0) is 13.2. The van der Waals surface area contributed by atoms with Crippen molar-refractivity contribution in [3.05, 3.63) is 60.1 Å². The lowest BCUT2D eigenvalue weighted by Gasteiger charge is -2.07. The van der Waals surface area contributed by atoms with Gasteiger partial charge in [-0.05, 0) is 12.5 Å². The maximum Gasteiger partial charge on any atom is 0.218 e. The highest BCUT2D eigenvalue weighted by atomic mass is 16.3. The van der Waals surface area contributed by atoms with Gasteiger partial charge in [-0.15, -0.1) is 0 Å². The van der Waals surface area contributed by atoms with E-state index in [9.17, 15) is 0 Å². The van der Waals surface area contributed by atoms with Crippen LogP contribution in [-0.2, 0) is 12.8 Å². The molecular weight excluding hydrogens is 234 g/mol. The molecule has 0 spiro atoms. The average molecular weight is 252 g/mol. The minimum Gasteiger partial charge on any atom is -0.458 e. The summed E-state index contributed by atoms with van der Waals surface area (Å²) < 4.78 is 7.86. The first-order chi connectivity index (χ1) is 9.35. The van der Waals surface area contributed by atoms with Crippen LogP contribution >= 0.6 is 0 Å². The SMILES string of the molecule is CCc1c(CC)[n+](-c2ccccc2)cc2occc12. The number of hydrogen-bond acceptors (Lipinski definition) is 1. The molecule has 0 saturated heterocycles. The molecule has 0 saturated carbocycles. The average Bonchev–Trinajstić information content (AvgIpc) is 2.94. The van der Waals surface area contributed by atoms with E-state index < -0.39 is 0 Å². The molecule has 0 radical (unpaired) electrons. The number of fused-ring (bicyclic) bond motifs is 1. The van der Waals surface area contributed by atoms with Gasteiger partial charge >= 0.3 is 0 Å². The molecule has 0 aliphatic heterocycles. The van der Waals surface area contributed by atoms with Crippen molar-refractivity contribution in [3.8, 4) is 5.69 Å². The fourth-order valence-corrected chi connectivity index (χ4v) is 2.76. The molecular formula is C17H18NO+. The first-order valence-electron chi connectivity index (χ1n) is 6.84. The predicted molar refractivity (Wildman–Crippen MR) is 76.5 cm³/mol. The van der Waals surface area contributed by atoms with Crippen molar-refractivity contribution in [2.45, 2.75) is 26.7 Å². The molecule has 3 aromatic rings. The minimum absolute atomic E-state index is 0.956. The molecule has 2 heterocycles. The molecule has 2 aromatic heterocycles. The molecule has 2 nitrogen and oxygen atoms in total. The van der Waals surface area contributed by atoms with Gasteiger partial charge in [0.05, 0.1) is 6.26 Å². The summed E-state index contributed by atoms with van der Waals surface area (Å²) in [4.78, 5) is 0. The Kier molecular flexibility index (Phi) is 3.08. The third-order valence-corrected chi connectivity index (χ3v) is 3.63. The molecule has 1 aromatic carbocycles. The fraction of sp³-hybridized carbons (Fsp3) is 0.235. The van der Waals surface area contributed by atoms with Gasteiger partial charge in [-0.3, -0.25) is 0 Å². The van der Waals surface area contributed by atoms with Crippen LogP contribution in [0.1, 0.15) is 25.1 Å². The van der Waals surface area contributed by atoms with Gasteiger partial charge in [0.25, 0.3) is 0 Å². The topological polar surface area (TPSA) is 17.0 Å². The molecule has 0 aliphatic rings. The number of furan rings is 1. The molecule has 0 amide bonds. The molecule has 2 heteroatoms. The molecule has 0 N–H and O–H groups in total. The Bertz CT molecular complexity index is 698. The van der Waals surface area contributed by atoms with Crippen LogP contribution in [0.5, 0.6) is 0 Å². The van der Waals surface area contributed by atoms with E-state index in [0.29, 0.717) is 0 Å². The summed E-state index contributed by atoms with van der Waals surface area (Å²) in [5.41, 5.74) is 4.89. The number of para-hydroxylation sites is 1. The first-order valence-corrected chi connectivity index (χ1v) is 6.84. The van der Waals surface area contributed by atoms with Crippen molar-refractivity contribution in [1.82, 2.24) is 0 Å². The van der Waals surface area contributed by atoms with Gasteiger partial charge in [-0.2, -0.15) is 4.57 Å². The Morgan fingerprint density at radius 2 is 1.79 bits per heavy atom. The molecule has 96 valence electrons. The highest BCUT2D eigenvalue weighted by Crippen LogP contribution is 2.22. The van der Waals surface area contributed by atoms with Gasteiger partial charge in [-0.25, -0.2) is 0 Å². The number of aromatic nitrogens is 1. The van der Waals surface area contributed by atoms with Gasteiger partial charge in [0.15, 0.2) is 11.3 Å². The lowest BCUT2D eigenvalue weighted by Crippen LogP contribution is -2.36. The van der Waals surface area contributed by atoms with Crippen molar-refractivity contribution in [2.24, 2.45) is 0 Å². The summed E-state index contributed by atoms with van der Waals surface area (Å²) in [5.74, 6) is 0. The summed E-state index contributed by atoms with van der Waals surface area (Å²) >= 11 is 0. The number of nitrogens with zero attached hydrogens (tertiary/aromatic N) is 1. The molecule has 0 atom stereocenters. The van der Waals surface area contributed by atoms with Crippen LogP contribution in [0.25, 0.3) is 16.7 Å². The molecule has 0 unspecified atom stereocenters. The van der Waals surface area contributed by atoms with E-state index in [1.807, 2.05) is 6.07 Å². The van der Waals surface area contributed by atoms with Crippen LogP contribution in [0.15, 0.2) is 53.3 Å². The van der Waals surface area contributed by atoms with E-state index in [2.05, 4.69) is 54.9 Å². The van der Waals surface area contributed by atoms with Crippen molar-refractivity contribution < 1.29 is 8.98 Å². The maximum absolute atomic E-state index is 5.60. The van der Waals surface area contributed by atoms with Gasteiger partial charge < -0.3 is 4.42 Å². The number of pyridine rings is 1. The Morgan fingerprint density at radius 1 is 1.00 bits per heavy atom. The second kappa shape index (κ2) is 4.88. The number of aryl methyl sites for hydroxylation is 1. The number of benzene rings is 1. The Hall–Kier alpha value is -2.09. The first kappa shape index (κ1) is 12.0. The monoisotopic (exact) mass is 252 g/mol. The summed E-state index contributed by atoms with van der Waals surface area (Å²) in [6.45, 7) is 4.41. The van der Waals surface area contributed by atoms with Crippen LogP contribution < -0.4 is 4.57 Å². The maximum atomic E-state index is 5.60. The summed E-state index contributed by atoms with van der Waals surface area (Å²) in [6.07, 6.45) is 5.91. The minimum atomic E-state index is 0.956. The van der Waals surface area contributed by atoms with Crippen molar-refractivity contribution in [1.29, 1.82) is 0 Å². The third-order valence-electron chi connectivity index (χ3n) is 3.63. The second-order valence-corrected chi connectivity index (χ2v) is 4.67. The van der Waals surface area contributed by atoms with E-state index in [-0.39, 0.29) is 0 Å². The van der Waals surface area contributed by atoms with E-state index in [1.165, 1.54) is 22.3 Å². The number of rotatable bonds is 3. The highest BCUT2D eigenvalue weighted by Gasteiger charge is 2.21. The Morgan fingerprint density at radius 3 is 2.47 bits per heavy atom. The molecule has 0 fully saturated rings. The second-order valence-electron chi connectivity index (χ2n) is 4.67. The Balaban J connectivity index is 2.35. The summed E-state index contributed by atoms with van der Waals surface area (Å²) in [5, 5.41) is 1.24. The largest absolute Gasteiger partial charge is 0.458 e. The molecule has 3 rings (SSSR count). The quantitative estimate of drug-likeness (QED) is 0.647. The smallest absolute Gasteiger partial charge is 0.218 e. The van der Waals surface area contributed by atoms with Gasteiger partial charge in [0.1, 0.15) is 0 Å². The van der Waals surface area contributed by atoms with Crippen LogP contribution in [-0.4, -0.2) is 0 Å². The number of hydrogen-bond donors (Lipinski definition) is 0. The van der Waals surface area contributed by atoms with Crippen molar-refractivity contribution >= 4 is 11.0 Å². The van der Waals surface area contributed by atoms with E-state index in [1.54, 1.807) is 6.26 Å². The normalized spacial score (nSPS) is 11.1. The lowest BCUT2D eigenvalue weighted by atomic mass is 10.0. The summed E-state index contributed by atoms with van der Waals surface area (Å²) in [6, 6.07) is 12.5. The van der Waals surface area contributed by atoms with Crippen LogP contribution in [0, 0.1) is 0 Å². The van der Waals surface area contributed by atoms with Gasteiger partial charge in [0.2, 0.25) is 11.9 Å².